The molecule has 0 saturated heterocycles. The first-order valence-electron chi connectivity index (χ1n) is 6.97. The third-order valence-corrected chi connectivity index (χ3v) is 4.20. The number of hydrogen-bond acceptors (Lipinski definition) is 5. The molecule has 11 heteroatoms. The van der Waals surface area contributed by atoms with E-state index in [1.807, 2.05) is 0 Å². The van der Waals surface area contributed by atoms with Crippen molar-refractivity contribution in [1.29, 1.82) is 0 Å². The predicted octanol–water partition coefficient (Wildman–Crippen LogP) is 1.18. The Kier molecular flexibility index (Phi) is 3.91. The van der Waals surface area contributed by atoms with Crippen molar-refractivity contribution in [2.45, 2.75) is 6.54 Å². The van der Waals surface area contributed by atoms with Crippen LogP contribution in [-0.2, 0) is 20.6 Å². The number of imidazole rings is 1. The van der Waals surface area contributed by atoms with Crippen molar-refractivity contribution in [3.05, 3.63) is 65.8 Å². The summed E-state index contributed by atoms with van der Waals surface area (Å²) in [6.07, 6.45) is 0. The van der Waals surface area contributed by atoms with Crippen LogP contribution in [0.4, 0.5) is 10.1 Å². The maximum Gasteiger partial charge on any atom is 0.332 e. The lowest BCUT2D eigenvalue weighted by atomic mass is 10.1. The number of nitrogens with zero attached hydrogens (tertiary/aromatic N) is 5. The van der Waals surface area contributed by atoms with Crippen molar-refractivity contribution in [3.8, 4) is 0 Å². The summed E-state index contributed by atoms with van der Waals surface area (Å²) >= 11 is 6.05. The number of nitro benzene ring substituents is 1. The number of benzene rings is 1. The Labute approximate surface area is 143 Å². The number of fused-ring (bicyclic) bond motifs is 1. The van der Waals surface area contributed by atoms with Gasteiger partial charge in [0.05, 0.1) is 17.0 Å². The molecule has 0 amide bonds. The SMILES string of the molecule is Cn1c(=O)c2c(nc(Cl)n2Cc2c(F)cccc2[N+](=O)[O-])n(C)c1=O. The van der Waals surface area contributed by atoms with Gasteiger partial charge < -0.3 is 4.57 Å². The Morgan fingerprint density at radius 1 is 1.28 bits per heavy atom. The van der Waals surface area contributed by atoms with E-state index in [9.17, 15) is 24.1 Å². The molecule has 0 unspecified atom stereocenters. The number of aromatic nitrogens is 4. The zero-order chi connectivity index (χ0) is 18.5. The number of rotatable bonds is 3. The molecule has 25 heavy (non-hydrogen) atoms. The van der Waals surface area contributed by atoms with Crippen LogP contribution in [0.2, 0.25) is 5.28 Å². The van der Waals surface area contributed by atoms with Gasteiger partial charge in [-0.3, -0.25) is 24.0 Å². The first-order chi connectivity index (χ1) is 11.7. The van der Waals surface area contributed by atoms with Gasteiger partial charge in [0.2, 0.25) is 5.28 Å². The van der Waals surface area contributed by atoms with Crippen LogP contribution in [0.1, 0.15) is 5.56 Å². The fourth-order valence-electron chi connectivity index (χ4n) is 2.60. The first-order valence-corrected chi connectivity index (χ1v) is 7.35. The number of halogens is 2. The maximum absolute atomic E-state index is 14.1. The van der Waals surface area contributed by atoms with E-state index < -0.39 is 27.7 Å². The van der Waals surface area contributed by atoms with Gasteiger partial charge in [-0.05, 0) is 17.7 Å². The van der Waals surface area contributed by atoms with Crippen LogP contribution in [0.15, 0.2) is 27.8 Å². The van der Waals surface area contributed by atoms with Gasteiger partial charge in [-0.15, -0.1) is 0 Å². The third-order valence-electron chi connectivity index (χ3n) is 3.91. The second-order valence-corrected chi connectivity index (χ2v) is 5.68. The summed E-state index contributed by atoms with van der Waals surface area (Å²) in [5.74, 6) is -0.811. The second-order valence-electron chi connectivity index (χ2n) is 5.34. The molecule has 0 aliphatic heterocycles. The van der Waals surface area contributed by atoms with E-state index in [4.69, 9.17) is 11.6 Å². The van der Waals surface area contributed by atoms with E-state index in [1.165, 1.54) is 20.2 Å². The third kappa shape index (κ3) is 2.50. The van der Waals surface area contributed by atoms with Crippen molar-refractivity contribution in [2.24, 2.45) is 14.1 Å². The van der Waals surface area contributed by atoms with Gasteiger partial charge in [0, 0.05) is 20.2 Å². The monoisotopic (exact) mass is 367 g/mol. The van der Waals surface area contributed by atoms with E-state index in [0.29, 0.717) is 0 Å². The molecule has 130 valence electrons. The lowest BCUT2D eigenvalue weighted by molar-refractivity contribution is -0.385. The summed E-state index contributed by atoms with van der Waals surface area (Å²) in [5.41, 5.74) is -2.01. The summed E-state index contributed by atoms with van der Waals surface area (Å²) < 4.78 is 17.3. The van der Waals surface area contributed by atoms with Gasteiger partial charge in [-0.2, -0.15) is 4.98 Å². The highest BCUT2D eigenvalue weighted by atomic mass is 35.5. The maximum atomic E-state index is 14.1. The predicted molar refractivity (Wildman–Crippen MR) is 87.4 cm³/mol. The average Bonchev–Trinajstić information content (AvgIpc) is 2.89. The molecule has 0 radical (unpaired) electrons. The van der Waals surface area contributed by atoms with Crippen LogP contribution < -0.4 is 11.2 Å². The van der Waals surface area contributed by atoms with Gasteiger partial charge in [-0.25, -0.2) is 9.18 Å². The minimum Gasteiger partial charge on any atom is -0.304 e. The van der Waals surface area contributed by atoms with Crippen LogP contribution >= 0.6 is 11.6 Å². The molecule has 0 N–H and O–H groups in total. The molecule has 0 saturated carbocycles. The molecule has 0 aliphatic carbocycles. The van der Waals surface area contributed by atoms with Crippen LogP contribution in [-0.4, -0.2) is 23.6 Å². The smallest absolute Gasteiger partial charge is 0.304 e. The first kappa shape index (κ1) is 16.8. The van der Waals surface area contributed by atoms with Gasteiger partial charge in [0.1, 0.15) is 5.82 Å². The van der Waals surface area contributed by atoms with Crippen molar-refractivity contribution in [1.82, 2.24) is 18.7 Å². The zero-order valence-electron chi connectivity index (χ0n) is 13.1. The number of hydrogen-bond donors (Lipinski definition) is 0. The van der Waals surface area contributed by atoms with E-state index >= 15 is 0 Å². The van der Waals surface area contributed by atoms with Crippen LogP contribution in [0, 0.1) is 15.9 Å². The number of aryl methyl sites for hydroxylation is 1. The lowest BCUT2D eigenvalue weighted by Crippen LogP contribution is -2.37. The highest BCUT2D eigenvalue weighted by Gasteiger charge is 2.23. The van der Waals surface area contributed by atoms with Crippen molar-refractivity contribution < 1.29 is 9.31 Å². The fraction of sp³-hybridized carbons (Fsp3) is 0.214. The highest BCUT2D eigenvalue weighted by Crippen LogP contribution is 2.25. The highest BCUT2D eigenvalue weighted by molar-refractivity contribution is 6.29. The molecule has 9 nitrogen and oxygen atoms in total. The Bertz CT molecular complexity index is 1150. The Balaban J connectivity index is 2.33. The summed E-state index contributed by atoms with van der Waals surface area (Å²) in [6, 6.07) is 3.44. The van der Waals surface area contributed by atoms with Gasteiger partial charge >= 0.3 is 5.69 Å². The molecule has 2 aromatic heterocycles. The molecule has 0 fully saturated rings. The minimum atomic E-state index is -0.811. The minimum absolute atomic E-state index is 0.0112. The largest absolute Gasteiger partial charge is 0.332 e. The standard InChI is InChI=1S/C14H11ClFN5O4/c1-18-11-10(12(22)19(2)14(18)23)20(13(15)17-11)6-7-8(16)4-3-5-9(7)21(24)25/h3-5H,6H2,1-2H3. The fourth-order valence-corrected chi connectivity index (χ4v) is 2.82. The van der Waals surface area contributed by atoms with Crippen LogP contribution in [0.3, 0.4) is 0 Å². The molecule has 0 spiro atoms. The summed E-state index contributed by atoms with van der Waals surface area (Å²) in [7, 11) is 2.68. The van der Waals surface area contributed by atoms with Gasteiger partial charge in [0.15, 0.2) is 11.2 Å². The molecule has 2 heterocycles. The van der Waals surface area contributed by atoms with Gasteiger partial charge in [-0.1, -0.05) is 6.07 Å². The normalized spacial score (nSPS) is 11.2. The van der Waals surface area contributed by atoms with Crippen molar-refractivity contribution in [3.63, 3.8) is 0 Å². The Morgan fingerprint density at radius 2 is 1.96 bits per heavy atom. The second kappa shape index (κ2) is 5.81. The number of nitro groups is 1. The van der Waals surface area contributed by atoms with Crippen LogP contribution in [0.25, 0.3) is 11.2 Å². The Morgan fingerprint density at radius 3 is 2.60 bits per heavy atom. The molecule has 3 aromatic rings. The van der Waals surface area contributed by atoms with E-state index in [-0.39, 0.29) is 28.6 Å². The molecular formula is C14H11ClFN5O4. The summed E-state index contributed by atoms with van der Waals surface area (Å²) in [4.78, 5) is 38.8. The van der Waals surface area contributed by atoms with E-state index in [1.54, 1.807) is 0 Å². The summed E-state index contributed by atoms with van der Waals surface area (Å²) in [6.45, 7) is -0.383. The van der Waals surface area contributed by atoms with Crippen molar-refractivity contribution >= 4 is 28.5 Å². The Hall–Kier alpha value is -3.01. The van der Waals surface area contributed by atoms with Gasteiger partial charge in [0.25, 0.3) is 11.2 Å². The molecular weight excluding hydrogens is 357 g/mol. The average molecular weight is 368 g/mol. The quantitative estimate of drug-likeness (QED) is 0.392. The summed E-state index contributed by atoms with van der Waals surface area (Å²) in [5, 5.41) is 11.0. The van der Waals surface area contributed by atoms with Crippen molar-refractivity contribution in [2.75, 3.05) is 0 Å². The molecule has 0 aliphatic rings. The van der Waals surface area contributed by atoms with E-state index in [2.05, 4.69) is 4.98 Å². The molecule has 0 atom stereocenters. The van der Waals surface area contributed by atoms with E-state index in [0.717, 1.165) is 25.8 Å². The van der Waals surface area contributed by atoms with Crippen LogP contribution in [0.5, 0.6) is 0 Å². The molecule has 1 aromatic carbocycles. The topological polar surface area (TPSA) is 105 Å². The molecule has 3 rings (SSSR count). The zero-order valence-corrected chi connectivity index (χ0v) is 13.8. The molecule has 0 bridgehead atoms. The lowest BCUT2D eigenvalue weighted by Gasteiger charge is -2.08.